The molecule has 5 nitrogen and oxygen atoms in total. The van der Waals surface area contributed by atoms with E-state index in [1.165, 1.54) is 23.1 Å². The number of nitrogens with one attached hydrogen (secondary N) is 1. The Morgan fingerprint density at radius 2 is 1.76 bits per heavy atom. The number of rotatable bonds is 3. The van der Waals surface area contributed by atoms with E-state index in [0.717, 1.165) is 22.0 Å². The number of para-hydroxylation sites is 1. The van der Waals surface area contributed by atoms with Crippen LogP contribution in [0.1, 0.15) is 28.3 Å². The number of benzene rings is 3. The molecule has 164 valence electrons. The number of carbonyl (C=O) groups is 2. The molecule has 1 atom stereocenters. The van der Waals surface area contributed by atoms with Crippen LogP contribution in [0.25, 0.3) is 16.7 Å². The zero-order chi connectivity index (χ0) is 23.3. The summed E-state index contributed by atoms with van der Waals surface area (Å²) < 4.78 is 14.1. The van der Waals surface area contributed by atoms with E-state index in [9.17, 15) is 19.1 Å². The first kappa shape index (κ1) is 20.7. The third-order valence-electron chi connectivity index (χ3n) is 6.23. The van der Waals surface area contributed by atoms with Crippen LogP contribution in [0.4, 0.5) is 10.1 Å². The summed E-state index contributed by atoms with van der Waals surface area (Å²) in [4.78, 5) is 30.9. The third kappa shape index (κ3) is 3.31. The number of fused-ring (bicyclic) bond motifs is 1. The van der Waals surface area contributed by atoms with Gasteiger partial charge in [0.2, 0.25) is 0 Å². The molecule has 33 heavy (non-hydrogen) atoms. The van der Waals surface area contributed by atoms with Crippen LogP contribution in [0.15, 0.2) is 78.5 Å². The zero-order valence-corrected chi connectivity index (χ0v) is 18.1. The maximum Gasteiger partial charge on any atom is 0.300 e. The predicted molar refractivity (Wildman–Crippen MR) is 125 cm³/mol. The first-order valence-electron chi connectivity index (χ1n) is 10.6. The molecule has 2 heterocycles. The topological polar surface area (TPSA) is 73.4 Å². The van der Waals surface area contributed by atoms with Gasteiger partial charge in [-0.15, -0.1) is 0 Å². The highest BCUT2D eigenvalue weighted by molar-refractivity contribution is 6.51. The number of H-pyrrole nitrogens is 1. The molecule has 2 N–H and O–H groups in total. The van der Waals surface area contributed by atoms with Crippen LogP contribution in [-0.4, -0.2) is 21.8 Å². The largest absolute Gasteiger partial charge is 0.507 e. The number of aliphatic hydroxyl groups is 1. The molecule has 3 aromatic carbocycles. The summed E-state index contributed by atoms with van der Waals surface area (Å²) in [6, 6.07) is 17.5. The highest BCUT2D eigenvalue weighted by atomic mass is 19.1. The van der Waals surface area contributed by atoms with Gasteiger partial charge in [0.1, 0.15) is 11.6 Å². The number of carbonyl (C=O) groups excluding carboxylic acids is 2. The molecule has 4 aromatic rings. The number of nitrogens with zero attached hydrogens (tertiary/aromatic N) is 1. The van der Waals surface area contributed by atoms with Gasteiger partial charge < -0.3 is 10.1 Å². The monoisotopic (exact) mass is 440 g/mol. The molecule has 0 spiro atoms. The number of hydrogen-bond acceptors (Lipinski definition) is 3. The summed E-state index contributed by atoms with van der Waals surface area (Å²) in [5.41, 5.74) is 4.11. The second kappa shape index (κ2) is 7.74. The molecule has 6 heteroatoms. The molecule has 1 fully saturated rings. The van der Waals surface area contributed by atoms with Gasteiger partial charge in [-0.25, -0.2) is 4.39 Å². The Hall–Kier alpha value is -4.19. The first-order chi connectivity index (χ1) is 15.9. The van der Waals surface area contributed by atoms with Gasteiger partial charge in [0.05, 0.1) is 11.6 Å². The van der Waals surface area contributed by atoms with Crippen molar-refractivity contribution in [2.24, 2.45) is 0 Å². The number of halogens is 1. The maximum absolute atomic E-state index is 14.1. The molecule has 1 aliphatic heterocycles. The fourth-order valence-corrected chi connectivity index (χ4v) is 4.38. The number of aromatic amines is 1. The Labute approximate surface area is 189 Å². The van der Waals surface area contributed by atoms with Gasteiger partial charge in [0.15, 0.2) is 0 Å². The second-order valence-corrected chi connectivity index (χ2v) is 8.24. The molecule has 0 radical (unpaired) electrons. The normalized spacial score (nSPS) is 17.8. The molecule has 1 aliphatic rings. The quantitative estimate of drug-likeness (QED) is 0.249. The minimum atomic E-state index is -0.926. The van der Waals surface area contributed by atoms with E-state index >= 15 is 0 Å². The Morgan fingerprint density at radius 3 is 2.52 bits per heavy atom. The summed E-state index contributed by atoms with van der Waals surface area (Å²) in [7, 11) is 0. The van der Waals surface area contributed by atoms with Crippen LogP contribution < -0.4 is 4.90 Å². The molecule has 0 saturated carbocycles. The van der Waals surface area contributed by atoms with Gasteiger partial charge in [-0.2, -0.15) is 0 Å². The van der Waals surface area contributed by atoms with Crippen molar-refractivity contribution in [1.29, 1.82) is 0 Å². The molecule has 1 aromatic heterocycles. The Balaban J connectivity index is 1.79. The van der Waals surface area contributed by atoms with Crippen molar-refractivity contribution >= 4 is 34.0 Å². The van der Waals surface area contributed by atoms with E-state index < -0.39 is 23.5 Å². The number of Topliss-reactive ketones (excluding diaryl/α,β-unsaturated/α-hetero) is 1. The van der Waals surface area contributed by atoms with Crippen LogP contribution in [0.2, 0.25) is 0 Å². The highest BCUT2D eigenvalue weighted by Gasteiger charge is 2.47. The Bertz CT molecular complexity index is 1470. The molecule has 0 aliphatic carbocycles. The number of aromatic nitrogens is 1. The molecule has 1 saturated heterocycles. The van der Waals surface area contributed by atoms with Crippen LogP contribution >= 0.6 is 0 Å². The van der Waals surface area contributed by atoms with E-state index in [0.29, 0.717) is 11.1 Å². The number of ketones is 1. The van der Waals surface area contributed by atoms with E-state index in [-0.39, 0.29) is 17.0 Å². The first-order valence-corrected chi connectivity index (χ1v) is 10.6. The number of amides is 1. The standard InChI is InChI=1S/C27H21FN2O3/c1-15-10-11-17(12-16(15)2)25(31)23-24(21-14-29-22-9-4-3-8-20(21)22)30(27(33)26(23)32)19-7-5-6-18(28)13-19/h3-14,24,29,31H,1-2H3/b25-23+. The summed E-state index contributed by atoms with van der Waals surface area (Å²) in [6.45, 7) is 3.86. The molecule has 5 rings (SSSR count). The number of aryl methyl sites for hydroxylation is 2. The van der Waals surface area contributed by atoms with Crippen LogP contribution in [0.5, 0.6) is 0 Å². The second-order valence-electron chi connectivity index (χ2n) is 8.24. The summed E-state index contributed by atoms with van der Waals surface area (Å²) in [6.07, 6.45) is 1.72. The fraction of sp³-hybridized carbons (Fsp3) is 0.111. The number of anilines is 1. The summed E-state index contributed by atoms with van der Waals surface area (Å²) in [5.74, 6) is -2.42. The minimum absolute atomic E-state index is 0.0303. The number of hydrogen-bond donors (Lipinski definition) is 2. The van der Waals surface area contributed by atoms with E-state index in [2.05, 4.69) is 4.98 Å². The predicted octanol–water partition coefficient (Wildman–Crippen LogP) is 5.55. The van der Waals surface area contributed by atoms with Gasteiger partial charge in [0.25, 0.3) is 11.7 Å². The lowest BCUT2D eigenvalue weighted by Gasteiger charge is -2.25. The average Bonchev–Trinajstić information content (AvgIpc) is 3.34. The lowest BCUT2D eigenvalue weighted by molar-refractivity contribution is -0.132. The molecular formula is C27H21FN2O3. The van der Waals surface area contributed by atoms with Crippen molar-refractivity contribution in [3.63, 3.8) is 0 Å². The Morgan fingerprint density at radius 1 is 0.970 bits per heavy atom. The van der Waals surface area contributed by atoms with Gasteiger partial charge in [-0.05, 0) is 55.3 Å². The van der Waals surface area contributed by atoms with Crippen molar-refractivity contribution in [3.8, 4) is 0 Å². The van der Waals surface area contributed by atoms with E-state index in [1.54, 1.807) is 24.4 Å². The van der Waals surface area contributed by atoms with Crippen molar-refractivity contribution in [3.05, 3.63) is 107 Å². The molecule has 1 unspecified atom stereocenters. The molecule has 1 amide bonds. The van der Waals surface area contributed by atoms with Gasteiger partial charge in [-0.1, -0.05) is 36.4 Å². The van der Waals surface area contributed by atoms with Gasteiger partial charge in [0, 0.05) is 33.9 Å². The maximum atomic E-state index is 14.1. The smallest absolute Gasteiger partial charge is 0.300 e. The fourth-order valence-electron chi connectivity index (χ4n) is 4.38. The SMILES string of the molecule is Cc1ccc(/C(O)=C2\C(=O)C(=O)N(c3cccc(F)c3)C2c2c[nH]c3ccccc23)cc1C. The van der Waals surface area contributed by atoms with Crippen LogP contribution in [-0.2, 0) is 9.59 Å². The highest BCUT2D eigenvalue weighted by Crippen LogP contribution is 2.44. The van der Waals surface area contributed by atoms with Crippen LogP contribution in [0, 0.1) is 19.7 Å². The lowest BCUT2D eigenvalue weighted by Crippen LogP contribution is -2.29. The lowest BCUT2D eigenvalue weighted by atomic mass is 9.94. The van der Waals surface area contributed by atoms with Crippen molar-refractivity contribution in [1.82, 2.24) is 4.98 Å². The third-order valence-corrected chi connectivity index (χ3v) is 6.23. The Kier molecular flexibility index (Phi) is 4.86. The van der Waals surface area contributed by atoms with Gasteiger partial charge >= 0.3 is 0 Å². The van der Waals surface area contributed by atoms with Crippen molar-refractivity contribution in [2.45, 2.75) is 19.9 Å². The summed E-state index contributed by atoms with van der Waals surface area (Å²) in [5, 5.41) is 12.1. The van der Waals surface area contributed by atoms with E-state index in [1.807, 2.05) is 44.2 Å². The van der Waals surface area contributed by atoms with E-state index in [4.69, 9.17) is 0 Å². The molecule has 0 bridgehead atoms. The minimum Gasteiger partial charge on any atom is -0.507 e. The van der Waals surface area contributed by atoms with Crippen molar-refractivity contribution < 1.29 is 19.1 Å². The van der Waals surface area contributed by atoms with Crippen LogP contribution in [0.3, 0.4) is 0 Å². The average molecular weight is 440 g/mol. The number of aliphatic hydroxyl groups excluding tert-OH is 1. The van der Waals surface area contributed by atoms with Gasteiger partial charge in [-0.3, -0.25) is 14.5 Å². The van der Waals surface area contributed by atoms with Crippen molar-refractivity contribution in [2.75, 3.05) is 4.90 Å². The molecular weight excluding hydrogens is 419 g/mol. The zero-order valence-electron chi connectivity index (χ0n) is 18.1. The summed E-state index contributed by atoms with van der Waals surface area (Å²) >= 11 is 0.